The summed E-state index contributed by atoms with van der Waals surface area (Å²) in [5.74, 6) is -0.624. The quantitative estimate of drug-likeness (QED) is 0.921. The third-order valence-electron chi connectivity index (χ3n) is 3.03. The number of benzene rings is 1. The summed E-state index contributed by atoms with van der Waals surface area (Å²) in [6.45, 7) is 5.80. The molecule has 0 aliphatic rings. The minimum Gasteiger partial charge on any atom is -0.347 e. The standard InChI is InChI=1S/C15H17F2N3/c1-9(2)14(12-5-4-11(16)6-13(12)17)20-15-18-7-10(3)8-19-15/h4-9,14H,1-3H3,(H,18,19,20). The lowest BCUT2D eigenvalue weighted by atomic mass is 9.95. The van der Waals surface area contributed by atoms with Crippen molar-refractivity contribution in [3.05, 3.63) is 53.4 Å². The Hall–Kier alpha value is -2.04. The minimum absolute atomic E-state index is 0.0971. The van der Waals surface area contributed by atoms with Crippen LogP contribution in [0.4, 0.5) is 14.7 Å². The Morgan fingerprint density at radius 1 is 1.10 bits per heavy atom. The van der Waals surface area contributed by atoms with Gasteiger partial charge >= 0.3 is 0 Å². The molecule has 1 heterocycles. The van der Waals surface area contributed by atoms with Gasteiger partial charge in [-0.15, -0.1) is 0 Å². The van der Waals surface area contributed by atoms with E-state index in [0.717, 1.165) is 11.6 Å². The number of aryl methyl sites for hydroxylation is 1. The second-order valence-corrected chi connectivity index (χ2v) is 5.12. The normalized spacial score (nSPS) is 12.5. The highest BCUT2D eigenvalue weighted by molar-refractivity contribution is 5.33. The molecule has 1 aromatic carbocycles. The molecule has 0 saturated carbocycles. The molecule has 1 unspecified atom stereocenters. The number of aromatic nitrogens is 2. The highest BCUT2D eigenvalue weighted by Gasteiger charge is 2.20. The van der Waals surface area contributed by atoms with Crippen LogP contribution in [0.3, 0.4) is 0 Å². The number of nitrogens with zero attached hydrogens (tertiary/aromatic N) is 2. The topological polar surface area (TPSA) is 37.8 Å². The zero-order chi connectivity index (χ0) is 14.7. The molecule has 0 spiro atoms. The molecule has 0 amide bonds. The van der Waals surface area contributed by atoms with E-state index in [9.17, 15) is 8.78 Å². The van der Waals surface area contributed by atoms with Gasteiger partial charge in [-0.1, -0.05) is 19.9 Å². The lowest BCUT2D eigenvalue weighted by molar-refractivity contribution is 0.501. The van der Waals surface area contributed by atoms with Crippen LogP contribution >= 0.6 is 0 Å². The monoisotopic (exact) mass is 277 g/mol. The predicted molar refractivity (Wildman–Crippen MR) is 74.3 cm³/mol. The van der Waals surface area contributed by atoms with Crippen molar-refractivity contribution in [3.63, 3.8) is 0 Å². The van der Waals surface area contributed by atoms with Gasteiger partial charge in [0, 0.05) is 24.0 Å². The Labute approximate surface area is 117 Å². The Balaban J connectivity index is 2.29. The first-order valence-electron chi connectivity index (χ1n) is 6.47. The molecule has 0 fully saturated rings. The van der Waals surface area contributed by atoms with Crippen molar-refractivity contribution < 1.29 is 8.78 Å². The lowest BCUT2D eigenvalue weighted by Gasteiger charge is -2.23. The maximum atomic E-state index is 13.9. The highest BCUT2D eigenvalue weighted by atomic mass is 19.1. The molecule has 2 rings (SSSR count). The average molecular weight is 277 g/mol. The summed E-state index contributed by atoms with van der Waals surface area (Å²) in [7, 11) is 0. The van der Waals surface area contributed by atoms with Gasteiger partial charge in [-0.2, -0.15) is 0 Å². The Kier molecular flexibility index (Phi) is 4.27. The molecule has 0 bridgehead atoms. The molecular weight excluding hydrogens is 260 g/mol. The fourth-order valence-electron chi connectivity index (χ4n) is 1.96. The molecule has 0 aliphatic heterocycles. The predicted octanol–water partition coefficient (Wildman–Crippen LogP) is 3.87. The molecule has 3 nitrogen and oxygen atoms in total. The molecule has 0 saturated heterocycles. The van der Waals surface area contributed by atoms with Gasteiger partial charge in [0.15, 0.2) is 0 Å². The number of hydrogen-bond donors (Lipinski definition) is 1. The number of rotatable bonds is 4. The molecule has 0 aliphatic carbocycles. The van der Waals surface area contributed by atoms with Crippen LogP contribution in [0, 0.1) is 24.5 Å². The molecular formula is C15H17F2N3. The summed E-state index contributed by atoms with van der Waals surface area (Å²) in [5.41, 5.74) is 1.36. The zero-order valence-corrected chi connectivity index (χ0v) is 11.7. The second kappa shape index (κ2) is 5.94. The third kappa shape index (κ3) is 3.29. The van der Waals surface area contributed by atoms with E-state index in [4.69, 9.17) is 0 Å². The van der Waals surface area contributed by atoms with Crippen molar-refractivity contribution >= 4 is 5.95 Å². The molecule has 5 heteroatoms. The number of halogens is 2. The van der Waals surface area contributed by atoms with Gasteiger partial charge in [-0.25, -0.2) is 18.7 Å². The summed E-state index contributed by atoms with van der Waals surface area (Å²) in [6, 6.07) is 3.28. The van der Waals surface area contributed by atoms with E-state index in [1.807, 2.05) is 20.8 Å². The van der Waals surface area contributed by atoms with Gasteiger partial charge in [0.05, 0.1) is 6.04 Å². The SMILES string of the molecule is Cc1cnc(NC(c2ccc(F)cc2F)C(C)C)nc1. The van der Waals surface area contributed by atoms with Crippen LogP contribution in [0.2, 0.25) is 0 Å². The van der Waals surface area contributed by atoms with Gasteiger partial charge in [0.2, 0.25) is 5.95 Å². The van der Waals surface area contributed by atoms with Crippen LogP contribution < -0.4 is 5.32 Å². The number of anilines is 1. The second-order valence-electron chi connectivity index (χ2n) is 5.12. The fourth-order valence-corrected chi connectivity index (χ4v) is 1.96. The zero-order valence-electron chi connectivity index (χ0n) is 11.7. The largest absolute Gasteiger partial charge is 0.347 e. The maximum Gasteiger partial charge on any atom is 0.223 e. The Bertz CT molecular complexity index is 582. The van der Waals surface area contributed by atoms with Gasteiger partial charge < -0.3 is 5.32 Å². The van der Waals surface area contributed by atoms with Crippen LogP contribution in [-0.2, 0) is 0 Å². The Morgan fingerprint density at radius 3 is 2.30 bits per heavy atom. The van der Waals surface area contributed by atoms with E-state index in [-0.39, 0.29) is 12.0 Å². The van der Waals surface area contributed by atoms with Crippen molar-refractivity contribution in [2.75, 3.05) is 5.32 Å². The van der Waals surface area contributed by atoms with Crippen LogP contribution in [0.1, 0.15) is 31.0 Å². The Morgan fingerprint density at radius 2 is 1.75 bits per heavy atom. The van der Waals surface area contributed by atoms with Gasteiger partial charge in [-0.3, -0.25) is 0 Å². The third-order valence-corrected chi connectivity index (χ3v) is 3.03. The van der Waals surface area contributed by atoms with Crippen LogP contribution in [0.25, 0.3) is 0 Å². The van der Waals surface area contributed by atoms with Crippen LogP contribution in [0.5, 0.6) is 0 Å². The first kappa shape index (κ1) is 14.4. The van der Waals surface area contributed by atoms with E-state index < -0.39 is 11.6 Å². The summed E-state index contributed by atoms with van der Waals surface area (Å²) in [5, 5.41) is 3.10. The summed E-state index contributed by atoms with van der Waals surface area (Å²) < 4.78 is 26.9. The maximum absolute atomic E-state index is 13.9. The van der Waals surface area contributed by atoms with Gasteiger partial charge in [0.1, 0.15) is 11.6 Å². The smallest absolute Gasteiger partial charge is 0.223 e. The number of hydrogen-bond acceptors (Lipinski definition) is 3. The van der Waals surface area contributed by atoms with E-state index in [1.54, 1.807) is 12.4 Å². The minimum atomic E-state index is -0.583. The molecule has 20 heavy (non-hydrogen) atoms. The molecule has 1 atom stereocenters. The molecule has 106 valence electrons. The van der Waals surface area contributed by atoms with Crippen molar-refractivity contribution in [2.24, 2.45) is 5.92 Å². The molecule has 0 radical (unpaired) electrons. The molecule has 2 aromatic rings. The van der Waals surface area contributed by atoms with Gasteiger partial charge in [0.25, 0.3) is 0 Å². The van der Waals surface area contributed by atoms with Gasteiger partial charge in [-0.05, 0) is 24.5 Å². The average Bonchev–Trinajstić information content (AvgIpc) is 2.39. The van der Waals surface area contributed by atoms with Crippen molar-refractivity contribution in [1.29, 1.82) is 0 Å². The van der Waals surface area contributed by atoms with Crippen LogP contribution in [0.15, 0.2) is 30.6 Å². The van der Waals surface area contributed by atoms with E-state index in [2.05, 4.69) is 15.3 Å². The first-order chi connectivity index (χ1) is 9.47. The highest BCUT2D eigenvalue weighted by Crippen LogP contribution is 2.27. The fraction of sp³-hybridized carbons (Fsp3) is 0.333. The van der Waals surface area contributed by atoms with E-state index in [0.29, 0.717) is 11.5 Å². The lowest BCUT2D eigenvalue weighted by Crippen LogP contribution is -2.19. The van der Waals surface area contributed by atoms with E-state index >= 15 is 0 Å². The summed E-state index contributed by atoms with van der Waals surface area (Å²) >= 11 is 0. The molecule has 1 aromatic heterocycles. The van der Waals surface area contributed by atoms with Crippen LogP contribution in [-0.4, -0.2) is 9.97 Å². The van der Waals surface area contributed by atoms with Crippen molar-refractivity contribution in [1.82, 2.24) is 9.97 Å². The molecule has 1 N–H and O–H groups in total. The van der Waals surface area contributed by atoms with E-state index in [1.165, 1.54) is 12.1 Å². The first-order valence-corrected chi connectivity index (χ1v) is 6.47. The summed E-state index contributed by atoms with van der Waals surface area (Å²) in [4.78, 5) is 8.31. The summed E-state index contributed by atoms with van der Waals surface area (Å²) in [6.07, 6.45) is 3.38. The van der Waals surface area contributed by atoms with Crippen molar-refractivity contribution in [3.8, 4) is 0 Å². The number of nitrogens with one attached hydrogen (secondary N) is 1. The van der Waals surface area contributed by atoms with Crippen molar-refractivity contribution in [2.45, 2.75) is 26.8 Å².